The molecule has 1 aromatic carbocycles. The van der Waals surface area contributed by atoms with Crippen LogP contribution in [0.2, 0.25) is 0 Å². The molecule has 1 aromatic heterocycles. The van der Waals surface area contributed by atoms with Crippen LogP contribution in [0.1, 0.15) is 0 Å². The predicted molar refractivity (Wildman–Crippen MR) is 68.4 cm³/mol. The SMILES string of the molecule is CN(CC=O)c1c(O)c(O)cn1-c1ccc(F)cc1. The normalized spacial score (nSPS) is 10.4. The van der Waals surface area contributed by atoms with Crippen molar-refractivity contribution in [3.8, 4) is 17.2 Å². The van der Waals surface area contributed by atoms with E-state index < -0.39 is 0 Å². The van der Waals surface area contributed by atoms with Crippen molar-refractivity contribution in [2.75, 3.05) is 18.5 Å². The summed E-state index contributed by atoms with van der Waals surface area (Å²) in [4.78, 5) is 12.0. The third kappa shape index (κ3) is 2.37. The molecule has 19 heavy (non-hydrogen) atoms. The van der Waals surface area contributed by atoms with Crippen LogP contribution < -0.4 is 4.90 Å². The number of hydrogen-bond donors (Lipinski definition) is 2. The lowest BCUT2D eigenvalue weighted by atomic mass is 10.3. The molecule has 5 nitrogen and oxygen atoms in total. The van der Waals surface area contributed by atoms with Crippen LogP contribution in [-0.4, -0.2) is 34.7 Å². The van der Waals surface area contributed by atoms with Crippen LogP contribution in [0.3, 0.4) is 0 Å². The van der Waals surface area contributed by atoms with Crippen molar-refractivity contribution in [3.63, 3.8) is 0 Å². The lowest BCUT2D eigenvalue weighted by Gasteiger charge is -2.19. The number of aldehydes is 1. The molecule has 1 heterocycles. The maximum absolute atomic E-state index is 12.9. The minimum atomic E-state index is -0.382. The van der Waals surface area contributed by atoms with E-state index in [1.54, 1.807) is 7.05 Å². The van der Waals surface area contributed by atoms with Crippen LogP contribution in [-0.2, 0) is 4.79 Å². The number of hydrogen-bond acceptors (Lipinski definition) is 4. The Morgan fingerprint density at radius 2 is 1.95 bits per heavy atom. The average molecular weight is 264 g/mol. The fourth-order valence-electron chi connectivity index (χ4n) is 1.83. The van der Waals surface area contributed by atoms with Crippen molar-refractivity contribution < 1.29 is 19.4 Å². The Balaban J connectivity index is 2.53. The van der Waals surface area contributed by atoms with Gasteiger partial charge in [0.05, 0.1) is 12.7 Å². The first-order valence-corrected chi connectivity index (χ1v) is 5.58. The van der Waals surface area contributed by atoms with Crippen molar-refractivity contribution in [3.05, 3.63) is 36.3 Å². The second-order valence-electron chi connectivity index (χ2n) is 4.08. The van der Waals surface area contributed by atoms with E-state index in [1.165, 1.54) is 39.9 Å². The summed E-state index contributed by atoms with van der Waals surface area (Å²) in [6, 6.07) is 5.55. The number of rotatable bonds is 4. The van der Waals surface area contributed by atoms with E-state index in [0.717, 1.165) is 0 Å². The quantitative estimate of drug-likeness (QED) is 0.824. The van der Waals surface area contributed by atoms with Gasteiger partial charge in [-0.3, -0.25) is 4.57 Å². The molecule has 0 aliphatic heterocycles. The van der Waals surface area contributed by atoms with Gasteiger partial charge in [-0.15, -0.1) is 0 Å². The lowest BCUT2D eigenvalue weighted by molar-refractivity contribution is -0.106. The number of anilines is 1. The van der Waals surface area contributed by atoms with Gasteiger partial charge in [0.15, 0.2) is 11.6 Å². The van der Waals surface area contributed by atoms with E-state index in [2.05, 4.69) is 0 Å². The summed E-state index contributed by atoms with van der Waals surface area (Å²) in [7, 11) is 1.60. The fourth-order valence-corrected chi connectivity index (χ4v) is 1.83. The Morgan fingerprint density at radius 3 is 2.53 bits per heavy atom. The second-order valence-corrected chi connectivity index (χ2v) is 4.08. The van der Waals surface area contributed by atoms with Gasteiger partial charge >= 0.3 is 0 Å². The van der Waals surface area contributed by atoms with Crippen LogP contribution >= 0.6 is 0 Å². The van der Waals surface area contributed by atoms with E-state index in [-0.39, 0.29) is 29.7 Å². The molecule has 0 radical (unpaired) electrons. The maximum atomic E-state index is 12.9. The van der Waals surface area contributed by atoms with Gasteiger partial charge in [0.1, 0.15) is 12.1 Å². The topological polar surface area (TPSA) is 65.7 Å². The molecule has 0 unspecified atom stereocenters. The molecular formula is C13H13FN2O3. The molecule has 0 fully saturated rings. The summed E-state index contributed by atoms with van der Waals surface area (Å²) in [6.07, 6.45) is 1.98. The van der Waals surface area contributed by atoms with E-state index in [1.807, 2.05) is 0 Å². The van der Waals surface area contributed by atoms with E-state index >= 15 is 0 Å². The van der Waals surface area contributed by atoms with Gasteiger partial charge in [0, 0.05) is 12.7 Å². The second kappa shape index (κ2) is 5.01. The predicted octanol–water partition coefficient (Wildman–Crippen LogP) is 1.66. The van der Waals surface area contributed by atoms with Crippen molar-refractivity contribution in [1.29, 1.82) is 0 Å². The van der Waals surface area contributed by atoms with Gasteiger partial charge in [0.2, 0.25) is 5.75 Å². The first-order chi connectivity index (χ1) is 9.04. The summed E-state index contributed by atoms with van der Waals surface area (Å²) in [6.45, 7) is 0.0538. The molecule has 6 heteroatoms. The molecule has 0 saturated carbocycles. The molecule has 100 valence electrons. The molecule has 2 rings (SSSR count). The molecule has 0 bridgehead atoms. The summed E-state index contributed by atoms with van der Waals surface area (Å²) < 4.78 is 14.4. The van der Waals surface area contributed by atoms with Crippen LogP contribution in [0.5, 0.6) is 11.5 Å². The third-order valence-corrected chi connectivity index (χ3v) is 2.75. The number of carbonyl (C=O) groups is 1. The molecule has 0 spiro atoms. The highest BCUT2D eigenvalue weighted by Gasteiger charge is 2.19. The van der Waals surface area contributed by atoms with Crippen LogP contribution in [0.15, 0.2) is 30.5 Å². The molecule has 0 aliphatic rings. The zero-order valence-corrected chi connectivity index (χ0v) is 10.2. The minimum Gasteiger partial charge on any atom is -0.503 e. The summed E-state index contributed by atoms with van der Waals surface area (Å²) in [5, 5.41) is 19.4. The smallest absolute Gasteiger partial charge is 0.201 e. The fraction of sp³-hybridized carbons (Fsp3) is 0.154. The Bertz CT molecular complexity index is 593. The molecule has 0 aliphatic carbocycles. The summed E-state index contributed by atoms with van der Waals surface area (Å²) in [5.74, 6) is -0.755. The number of likely N-dealkylation sites (N-methyl/N-ethyl adjacent to an activating group) is 1. The summed E-state index contributed by atoms with van der Waals surface area (Å²) >= 11 is 0. The van der Waals surface area contributed by atoms with E-state index in [4.69, 9.17) is 0 Å². The number of nitrogens with zero attached hydrogens (tertiary/aromatic N) is 2. The Labute approximate surface area is 109 Å². The Hall–Kier alpha value is -2.50. The molecule has 2 aromatic rings. The van der Waals surface area contributed by atoms with Gasteiger partial charge in [-0.1, -0.05) is 0 Å². The number of benzene rings is 1. The van der Waals surface area contributed by atoms with E-state index in [0.29, 0.717) is 12.0 Å². The lowest BCUT2D eigenvalue weighted by Crippen LogP contribution is -2.22. The van der Waals surface area contributed by atoms with Gasteiger partial charge in [-0.05, 0) is 24.3 Å². The van der Waals surface area contributed by atoms with Gasteiger partial charge in [-0.25, -0.2) is 4.39 Å². The molecule has 0 amide bonds. The van der Waals surface area contributed by atoms with Gasteiger partial charge in [-0.2, -0.15) is 0 Å². The molecule has 0 saturated heterocycles. The maximum Gasteiger partial charge on any atom is 0.201 e. The van der Waals surface area contributed by atoms with Crippen molar-refractivity contribution >= 4 is 12.1 Å². The van der Waals surface area contributed by atoms with Gasteiger partial charge < -0.3 is 19.9 Å². The zero-order chi connectivity index (χ0) is 14.0. The van der Waals surface area contributed by atoms with Crippen molar-refractivity contribution in [2.45, 2.75) is 0 Å². The third-order valence-electron chi connectivity index (χ3n) is 2.75. The van der Waals surface area contributed by atoms with Crippen LogP contribution in [0, 0.1) is 5.82 Å². The van der Waals surface area contributed by atoms with Crippen LogP contribution in [0.4, 0.5) is 10.2 Å². The monoisotopic (exact) mass is 264 g/mol. The van der Waals surface area contributed by atoms with Crippen molar-refractivity contribution in [1.82, 2.24) is 4.57 Å². The number of aromatic hydroxyl groups is 2. The molecule has 2 N–H and O–H groups in total. The highest BCUT2D eigenvalue weighted by molar-refractivity contribution is 5.68. The zero-order valence-electron chi connectivity index (χ0n) is 10.2. The van der Waals surface area contributed by atoms with Crippen molar-refractivity contribution in [2.24, 2.45) is 0 Å². The van der Waals surface area contributed by atoms with Gasteiger partial charge in [0.25, 0.3) is 0 Å². The first kappa shape index (κ1) is 12.9. The molecule has 0 atom stereocenters. The van der Waals surface area contributed by atoms with Crippen LogP contribution in [0.25, 0.3) is 5.69 Å². The summed E-state index contributed by atoms with van der Waals surface area (Å²) in [5.41, 5.74) is 0.560. The number of halogens is 1. The Kier molecular flexibility index (Phi) is 3.41. The number of carbonyl (C=O) groups excluding carboxylic acids is 1. The highest BCUT2D eigenvalue weighted by Crippen LogP contribution is 2.39. The minimum absolute atomic E-state index is 0.0538. The number of aromatic nitrogens is 1. The largest absolute Gasteiger partial charge is 0.503 e. The standard InChI is InChI=1S/C13H13FN2O3/c1-15(6-7-17)13-12(19)11(18)8-16(13)10-4-2-9(14)3-5-10/h2-5,7-8,18-19H,6H2,1H3. The first-order valence-electron chi connectivity index (χ1n) is 5.58. The molecular weight excluding hydrogens is 251 g/mol. The highest BCUT2D eigenvalue weighted by atomic mass is 19.1. The average Bonchev–Trinajstić information content (AvgIpc) is 2.67. The Morgan fingerprint density at radius 1 is 1.32 bits per heavy atom. The van der Waals surface area contributed by atoms with E-state index in [9.17, 15) is 19.4 Å².